The Bertz CT molecular complexity index is 388. The molecule has 2 N–H and O–H groups in total. The van der Waals surface area contributed by atoms with Gasteiger partial charge in [-0.05, 0) is 12.1 Å². The Morgan fingerprint density at radius 2 is 1.88 bits per heavy atom. The van der Waals surface area contributed by atoms with Gasteiger partial charge in [0, 0.05) is 5.56 Å². The number of para-hydroxylation sites is 1. The number of aliphatic hydroxyl groups excluding tert-OH is 1. The van der Waals surface area contributed by atoms with Crippen LogP contribution in [0.2, 0.25) is 0 Å². The highest BCUT2D eigenvalue weighted by atomic mass is 19.4. The van der Waals surface area contributed by atoms with Crippen molar-refractivity contribution in [2.45, 2.75) is 6.18 Å². The van der Waals surface area contributed by atoms with Gasteiger partial charge in [0.2, 0.25) is 0 Å². The van der Waals surface area contributed by atoms with Crippen LogP contribution in [0.1, 0.15) is 5.56 Å². The molecule has 6 heteroatoms. The monoisotopic (exact) mass is 233 g/mol. The number of alkyl halides is 3. The van der Waals surface area contributed by atoms with E-state index >= 15 is 0 Å². The molecule has 16 heavy (non-hydrogen) atoms. The minimum atomic E-state index is -4.66. The van der Waals surface area contributed by atoms with E-state index in [1.807, 2.05) is 0 Å². The maximum absolute atomic E-state index is 12.6. The maximum Gasteiger partial charge on any atom is 0.433 e. The molecule has 1 aromatic rings. The zero-order chi connectivity index (χ0) is 12.2. The summed E-state index contributed by atoms with van der Waals surface area (Å²) in [6.07, 6.45) is -4.66. The molecule has 0 aliphatic rings. The number of nitrogens with zero attached hydrogens (tertiary/aromatic N) is 1. The Morgan fingerprint density at radius 3 is 2.38 bits per heavy atom. The molecule has 0 heterocycles. The second-order valence-electron chi connectivity index (χ2n) is 2.97. The number of benzene rings is 1. The molecule has 3 nitrogen and oxygen atoms in total. The van der Waals surface area contributed by atoms with Crippen molar-refractivity contribution >= 4 is 5.71 Å². The first-order chi connectivity index (χ1) is 7.46. The molecule has 0 aliphatic heterocycles. The van der Waals surface area contributed by atoms with E-state index in [0.29, 0.717) is 0 Å². The van der Waals surface area contributed by atoms with Crippen LogP contribution in [0.4, 0.5) is 13.2 Å². The number of phenols is 1. The number of rotatable bonds is 3. The number of halogens is 3. The van der Waals surface area contributed by atoms with E-state index in [1.165, 1.54) is 12.1 Å². The van der Waals surface area contributed by atoms with E-state index in [-0.39, 0.29) is 12.1 Å². The summed E-state index contributed by atoms with van der Waals surface area (Å²) in [6.45, 7) is -0.837. The third-order valence-corrected chi connectivity index (χ3v) is 1.80. The van der Waals surface area contributed by atoms with E-state index in [9.17, 15) is 18.3 Å². The van der Waals surface area contributed by atoms with Crippen molar-refractivity contribution in [2.75, 3.05) is 13.2 Å². The predicted molar refractivity (Wildman–Crippen MR) is 52.7 cm³/mol. The molecule has 0 aliphatic carbocycles. The van der Waals surface area contributed by atoms with Crippen molar-refractivity contribution in [3.8, 4) is 5.75 Å². The van der Waals surface area contributed by atoms with Gasteiger partial charge in [-0.1, -0.05) is 12.1 Å². The maximum atomic E-state index is 12.6. The average Bonchev–Trinajstić information content (AvgIpc) is 2.19. The van der Waals surface area contributed by atoms with Crippen molar-refractivity contribution in [1.29, 1.82) is 0 Å². The number of aromatic hydroxyl groups is 1. The van der Waals surface area contributed by atoms with Gasteiger partial charge in [-0.25, -0.2) is 0 Å². The van der Waals surface area contributed by atoms with Crippen LogP contribution < -0.4 is 0 Å². The Hall–Kier alpha value is -1.56. The number of hydrogen-bond donors (Lipinski definition) is 2. The lowest BCUT2D eigenvalue weighted by atomic mass is 10.1. The van der Waals surface area contributed by atoms with Gasteiger partial charge < -0.3 is 10.2 Å². The quantitative estimate of drug-likeness (QED) is 0.781. The van der Waals surface area contributed by atoms with Crippen LogP contribution in [0, 0.1) is 0 Å². The Kier molecular flexibility index (Phi) is 3.89. The van der Waals surface area contributed by atoms with Gasteiger partial charge in [0.15, 0.2) is 0 Å². The van der Waals surface area contributed by atoms with Gasteiger partial charge in [0.25, 0.3) is 0 Å². The van der Waals surface area contributed by atoms with Crippen molar-refractivity contribution in [3.63, 3.8) is 0 Å². The van der Waals surface area contributed by atoms with E-state index in [0.717, 1.165) is 12.1 Å². The fraction of sp³-hybridized carbons (Fsp3) is 0.300. The highest BCUT2D eigenvalue weighted by Crippen LogP contribution is 2.27. The number of aliphatic imine (C=N–C) groups is 1. The Balaban J connectivity index is 3.17. The zero-order valence-electron chi connectivity index (χ0n) is 8.20. The molecule has 0 saturated heterocycles. The first-order valence-corrected chi connectivity index (χ1v) is 4.47. The van der Waals surface area contributed by atoms with Crippen molar-refractivity contribution in [2.24, 2.45) is 4.99 Å². The SMILES string of the molecule is OCCN=C(c1ccccc1O)C(F)(F)F. The summed E-state index contributed by atoms with van der Waals surface area (Å²) in [5.41, 5.74) is -1.57. The molecule has 0 bridgehead atoms. The van der Waals surface area contributed by atoms with Gasteiger partial charge in [-0.15, -0.1) is 0 Å². The molecule has 1 aromatic carbocycles. The Labute approximate surface area is 89.9 Å². The van der Waals surface area contributed by atoms with E-state index in [1.54, 1.807) is 0 Å². The topological polar surface area (TPSA) is 52.8 Å². The summed E-state index contributed by atoms with van der Waals surface area (Å²) in [4.78, 5) is 3.23. The molecular weight excluding hydrogens is 223 g/mol. The molecular formula is C10H10F3NO2. The molecule has 0 fully saturated rings. The van der Waals surface area contributed by atoms with Crippen LogP contribution in [0.15, 0.2) is 29.3 Å². The van der Waals surface area contributed by atoms with Crippen LogP contribution in [0.5, 0.6) is 5.75 Å². The molecule has 0 saturated carbocycles. The summed E-state index contributed by atoms with van der Waals surface area (Å²) >= 11 is 0. The lowest BCUT2D eigenvalue weighted by Gasteiger charge is -2.11. The fourth-order valence-corrected chi connectivity index (χ4v) is 1.16. The number of aliphatic hydroxyl groups is 1. The van der Waals surface area contributed by atoms with Gasteiger partial charge >= 0.3 is 6.18 Å². The van der Waals surface area contributed by atoms with E-state index in [4.69, 9.17) is 5.11 Å². The smallest absolute Gasteiger partial charge is 0.433 e. The van der Waals surface area contributed by atoms with Crippen molar-refractivity contribution in [1.82, 2.24) is 0 Å². The summed E-state index contributed by atoms with van der Waals surface area (Å²) in [5, 5.41) is 17.8. The normalized spacial score (nSPS) is 12.9. The minimum Gasteiger partial charge on any atom is -0.507 e. The predicted octanol–water partition coefficient (Wildman–Crippen LogP) is 1.74. The van der Waals surface area contributed by atoms with Crippen LogP contribution in [0.3, 0.4) is 0 Å². The molecule has 0 spiro atoms. The van der Waals surface area contributed by atoms with Crippen LogP contribution >= 0.6 is 0 Å². The summed E-state index contributed by atoms with van der Waals surface area (Å²) < 4.78 is 37.8. The fourth-order valence-electron chi connectivity index (χ4n) is 1.16. The van der Waals surface area contributed by atoms with Crippen molar-refractivity contribution < 1.29 is 23.4 Å². The lowest BCUT2D eigenvalue weighted by Crippen LogP contribution is -2.25. The average molecular weight is 233 g/mol. The van der Waals surface area contributed by atoms with Gasteiger partial charge in [0.1, 0.15) is 11.5 Å². The lowest BCUT2D eigenvalue weighted by molar-refractivity contribution is -0.0583. The first kappa shape index (κ1) is 12.5. The van der Waals surface area contributed by atoms with Gasteiger partial charge in [-0.3, -0.25) is 4.99 Å². The Morgan fingerprint density at radius 1 is 1.25 bits per heavy atom. The largest absolute Gasteiger partial charge is 0.507 e. The second-order valence-corrected chi connectivity index (χ2v) is 2.97. The molecule has 0 aromatic heterocycles. The first-order valence-electron chi connectivity index (χ1n) is 4.47. The molecule has 0 amide bonds. The number of phenolic OH excluding ortho intramolecular Hbond substituents is 1. The standard InChI is InChI=1S/C10H10F3NO2/c11-10(12,13)9(14-5-6-15)7-3-1-2-4-8(7)16/h1-4,15-16H,5-6H2. The molecule has 0 radical (unpaired) electrons. The zero-order valence-corrected chi connectivity index (χ0v) is 8.20. The van der Waals surface area contributed by atoms with Crippen LogP contribution in [0.25, 0.3) is 0 Å². The highest BCUT2D eigenvalue weighted by molar-refractivity contribution is 6.06. The molecule has 1 rings (SSSR count). The summed E-state index contributed by atoms with van der Waals surface area (Å²) in [6, 6.07) is 5.06. The van der Waals surface area contributed by atoms with Crippen LogP contribution in [-0.2, 0) is 0 Å². The van der Waals surface area contributed by atoms with Gasteiger partial charge in [0.05, 0.1) is 13.2 Å². The second kappa shape index (κ2) is 4.98. The molecule has 0 unspecified atom stereocenters. The van der Waals surface area contributed by atoms with E-state index < -0.39 is 24.2 Å². The third kappa shape index (κ3) is 2.96. The van der Waals surface area contributed by atoms with Gasteiger partial charge in [-0.2, -0.15) is 13.2 Å². The summed E-state index contributed by atoms with van der Waals surface area (Å²) in [5.74, 6) is -0.489. The number of hydrogen-bond acceptors (Lipinski definition) is 3. The summed E-state index contributed by atoms with van der Waals surface area (Å²) in [7, 11) is 0. The third-order valence-electron chi connectivity index (χ3n) is 1.80. The van der Waals surface area contributed by atoms with Crippen LogP contribution in [-0.4, -0.2) is 35.3 Å². The molecule has 88 valence electrons. The van der Waals surface area contributed by atoms with E-state index in [2.05, 4.69) is 4.99 Å². The highest BCUT2D eigenvalue weighted by Gasteiger charge is 2.37. The minimum absolute atomic E-state index is 0.358. The molecule has 0 atom stereocenters. The van der Waals surface area contributed by atoms with Crippen molar-refractivity contribution in [3.05, 3.63) is 29.8 Å².